The zero-order valence-corrected chi connectivity index (χ0v) is 25.2. The fourth-order valence-corrected chi connectivity index (χ4v) is 10.3. The van der Waals surface area contributed by atoms with Crippen molar-refractivity contribution in [3.8, 4) is 0 Å². The molecule has 0 unspecified atom stereocenters. The second-order valence-corrected chi connectivity index (χ2v) is 12.7. The molecule has 0 aromatic heterocycles. The molecule has 0 atom stereocenters. The van der Waals surface area contributed by atoms with Crippen LogP contribution in [0.2, 0.25) is 0 Å². The summed E-state index contributed by atoms with van der Waals surface area (Å²) < 4.78 is 0. The SMILES string of the molecule is Cc1cccc([Si](c2cccc(C)c2)(c2cccc(C)c2)[c-]2cccc2C(C)C)c1.[Cl-].[Cl-].[Cl-].[Ti+4]. The van der Waals surface area contributed by atoms with E-state index in [9.17, 15) is 0 Å². The van der Waals surface area contributed by atoms with Gasteiger partial charge in [0.05, 0.1) is 0 Å². The van der Waals surface area contributed by atoms with Crippen LogP contribution in [0.5, 0.6) is 0 Å². The second kappa shape index (κ2) is 13.8. The molecule has 0 spiro atoms. The first-order valence-electron chi connectivity index (χ1n) is 10.9. The first kappa shape index (κ1) is 32.8. The minimum absolute atomic E-state index is 0. The quantitative estimate of drug-likeness (QED) is 0.132. The Kier molecular flexibility index (Phi) is 13.3. The summed E-state index contributed by atoms with van der Waals surface area (Å²) in [7, 11) is -2.45. The van der Waals surface area contributed by atoms with Crippen molar-refractivity contribution < 1.29 is 58.9 Å². The van der Waals surface area contributed by atoms with Gasteiger partial charge in [-0.05, 0) is 26.7 Å². The Morgan fingerprint density at radius 2 is 0.971 bits per heavy atom. The van der Waals surface area contributed by atoms with Gasteiger partial charge in [-0.2, -0.15) is 11.6 Å². The van der Waals surface area contributed by atoms with Gasteiger partial charge in [0, 0.05) is 0 Å². The summed E-state index contributed by atoms with van der Waals surface area (Å²) in [6, 6.07) is 34.7. The van der Waals surface area contributed by atoms with Crippen molar-refractivity contribution in [1.29, 1.82) is 0 Å². The first-order chi connectivity index (χ1) is 14.4. The molecule has 0 aliphatic carbocycles. The molecule has 34 heavy (non-hydrogen) atoms. The zero-order chi connectivity index (χ0) is 21.3. The molecule has 4 aromatic carbocycles. The van der Waals surface area contributed by atoms with Gasteiger partial charge in [0.15, 0.2) is 0 Å². The molecule has 0 saturated carbocycles. The maximum absolute atomic E-state index is 2.45. The minimum Gasteiger partial charge on any atom is -1.00 e. The van der Waals surface area contributed by atoms with Crippen molar-refractivity contribution in [2.75, 3.05) is 0 Å². The van der Waals surface area contributed by atoms with Crippen LogP contribution in [0.4, 0.5) is 0 Å². The summed E-state index contributed by atoms with van der Waals surface area (Å²) in [5.74, 6) is 0.487. The van der Waals surface area contributed by atoms with Crippen molar-refractivity contribution >= 4 is 28.8 Å². The van der Waals surface area contributed by atoms with E-state index in [0.717, 1.165) is 0 Å². The standard InChI is InChI=1S/C29H31Si.3ClH.Ti/c1-21(2)28-16-9-17-29(28)30(25-13-6-10-22(3)18-25,26-14-7-11-23(4)19-26)27-15-8-12-24(5)20-27;;;;/h6-21H,1-5H3;3*1H;/q-1;;;;+4/p-3. The molecule has 0 amide bonds. The molecule has 0 aliphatic heterocycles. The summed E-state index contributed by atoms with van der Waals surface area (Å²) in [6.45, 7) is 11.3. The van der Waals surface area contributed by atoms with E-state index in [4.69, 9.17) is 0 Å². The molecule has 0 bridgehead atoms. The Morgan fingerprint density at radius 1 is 0.588 bits per heavy atom. The predicted octanol–water partition coefficient (Wildman–Crippen LogP) is -4.16. The molecule has 4 aromatic rings. The molecule has 176 valence electrons. The molecule has 0 aliphatic rings. The molecule has 0 saturated heterocycles. The number of hydrogen-bond donors (Lipinski definition) is 0. The van der Waals surface area contributed by atoms with Gasteiger partial charge >= 0.3 is 21.7 Å². The molecule has 0 heterocycles. The third-order valence-corrected chi connectivity index (χ3v) is 11.0. The van der Waals surface area contributed by atoms with Crippen LogP contribution < -0.4 is 58.0 Å². The molecule has 5 heteroatoms. The van der Waals surface area contributed by atoms with Crippen LogP contribution in [-0.2, 0) is 21.7 Å². The van der Waals surface area contributed by atoms with Gasteiger partial charge in [0.1, 0.15) is 8.07 Å². The predicted molar refractivity (Wildman–Crippen MR) is 134 cm³/mol. The van der Waals surface area contributed by atoms with Crippen LogP contribution in [-0.4, -0.2) is 8.07 Å². The van der Waals surface area contributed by atoms with Crippen molar-refractivity contribution in [3.05, 3.63) is 113 Å². The number of aryl methyl sites for hydroxylation is 3. The average molecular weight is 562 g/mol. The number of hydrogen-bond acceptors (Lipinski definition) is 0. The summed E-state index contributed by atoms with van der Waals surface area (Å²) >= 11 is 0. The third kappa shape index (κ3) is 6.13. The summed E-state index contributed by atoms with van der Waals surface area (Å²) in [6.07, 6.45) is 0. The van der Waals surface area contributed by atoms with Crippen LogP contribution in [0.1, 0.15) is 42.0 Å². The Hall–Kier alpha value is -1.19. The smallest absolute Gasteiger partial charge is 1.00 e. The van der Waals surface area contributed by atoms with Crippen LogP contribution >= 0.6 is 0 Å². The Morgan fingerprint density at radius 3 is 1.29 bits per heavy atom. The molecule has 0 N–H and O–H groups in total. The number of benzene rings is 3. The van der Waals surface area contributed by atoms with Gasteiger partial charge < -0.3 is 37.2 Å². The van der Waals surface area contributed by atoms with Gasteiger partial charge in [-0.3, -0.25) is 0 Å². The molecule has 0 nitrogen and oxygen atoms in total. The van der Waals surface area contributed by atoms with E-state index >= 15 is 0 Å². The second-order valence-electron chi connectivity index (χ2n) is 8.91. The Balaban J connectivity index is 0.00000272. The Bertz CT molecular complexity index is 1070. The normalized spacial score (nSPS) is 10.4. The van der Waals surface area contributed by atoms with Crippen LogP contribution in [0.15, 0.2) is 91.0 Å². The van der Waals surface area contributed by atoms with Crippen LogP contribution in [0.25, 0.3) is 0 Å². The van der Waals surface area contributed by atoms with E-state index in [0.29, 0.717) is 5.92 Å². The first-order valence-corrected chi connectivity index (χ1v) is 12.9. The summed E-state index contributed by atoms with van der Waals surface area (Å²) in [5.41, 5.74) is 5.44. The minimum atomic E-state index is -2.45. The third-order valence-electron chi connectivity index (χ3n) is 6.23. The summed E-state index contributed by atoms with van der Waals surface area (Å²) in [4.78, 5) is 0. The number of rotatable bonds is 5. The largest absolute Gasteiger partial charge is 4.00 e. The Labute approximate surface area is 240 Å². The van der Waals surface area contributed by atoms with Gasteiger partial charge in [-0.15, -0.1) is 5.19 Å². The van der Waals surface area contributed by atoms with E-state index in [-0.39, 0.29) is 58.9 Å². The average Bonchev–Trinajstić information content (AvgIpc) is 3.19. The van der Waals surface area contributed by atoms with Gasteiger partial charge in [0.2, 0.25) is 0 Å². The fourth-order valence-electron chi connectivity index (χ4n) is 4.88. The fraction of sp³-hybridized carbons (Fsp3) is 0.207. The molecule has 0 fully saturated rings. The topological polar surface area (TPSA) is 0 Å². The molecule has 0 radical (unpaired) electrons. The monoisotopic (exact) mass is 560 g/mol. The van der Waals surface area contributed by atoms with Crippen molar-refractivity contribution in [1.82, 2.24) is 0 Å². The zero-order valence-electron chi connectivity index (χ0n) is 20.4. The van der Waals surface area contributed by atoms with Gasteiger partial charge in [-0.25, -0.2) is 12.1 Å². The maximum Gasteiger partial charge on any atom is 4.00 e. The van der Waals surface area contributed by atoms with Crippen LogP contribution in [0.3, 0.4) is 0 Å². The molecular weight excluding hydrogens is 531 g/mol. The number of halogens is 3. The van der Waals surface area contributed by atoms with Gasteiger partial charge in [-0.1, -0.05) is 119 Å². The maximum atomic E-state index is 2.42. The van der Waals surface area contributed by atoms with E-state index in [1.807, 2.05) is 0 Å². The molecular formula is C29H31Cl3SiTi. The van der Waals surface area contributed by atoms with Gasteiger partial charge in [0.25, 0.3) is 0 Å². The van der Waals surface area contributed by atoms with Crippen molar-refractivity contribution in [2.45, 2.75) is 40.5 Å². The van der Waals surface area contributed by atoms with Crippen molar-refractivity contribution in [2.24, 2.45) is 0 Å². The van der Waals surface area contributed by atoms with E-state index < -0.39 is 8.07 Å². The van der Waals surface area contributed by atoms with Crippen LogP contribution in [0, 0.1) is 20.8 Å². The van der Waals surface area contributed by atoms with E-state index in [1.165, 1.54) is 43.0 Å². The van der Waals surface area contributed by atoms with E-state index in [1.54, 1.807) is 0 Å². The van der Waals surface area contributed by atoms with E-state index in [2.05, 4.69) is 126 Å². The molecule has 4 rings (SSSR count). The summed E-state index contributed by atoms with van der Waals surface area (Å²) in [5, 5.41) is 5.92. The van der Waals surface area contributed by atoms with Crippen molar-refractivity contribution in [3.63, 3.8) is 0 Å².